The highest BCUT2D eigenvalue weighted by Gasteiger charge is 2.09. The molecule has 0 atom stereocenters. The number of benzene rings is 2. The molecule has 0 bridgehead atoms. The van der Waals surface area contributed by atoms with Crippen molar-refractivity contribution in [2.45, 2.75) is 0 Å². The zero-order chi connectivity index (χ0) is 11.8. The van der Waals surface area contributed by atoms with Crippen LogP contribution in [0, 0.1) is 0 Å². The van der Waals surface area contributed by atoms with Gasteiger partial charge in [-0.15, -0.1) is 11.3 Å². The van der Waals surface area contributed by atoms with Crippen LogP contribution in [0.15, 0.2) is 46.9 Å². The summed E-state index contributed by atoms with van der Waals surface area (Å²) in [7, 11) is 0. The van der Waals surface area contributed by atoms with Crippen molar-refractivity contribution < 1.29 is 0 Å². The van der Waals surface area contributed by atoms with Gasteiger partial charge >= 0.3 is 0 Å². The van der Waals surface area contributed by atoms with Gasteiger partial charge in [-0.25, -0.2) is 4.98 Å². The van der Waals surface area contributed by atoms with Gasteiger partial charge in [-0.1, -0.05) is 39.7 Å². The lowest BCUT2D eigenvalue weighted by Gasteiger charge is -1.99. The molecule has 0 aliphatic rings. The Morgan fingerprint density at radius 2 is 1.94 bits per heavy atom. The average Bonchev–Trinajstić information content (AvgIpc) is 2.72. The molecule has 0 amide bonds. The molecule has 0 aliphatic carbocycles. The van der Waals surface area contributed by atoms with Gasteiger partial charge in [-0.3, -0.25) is 0 Å². The molecule has 2 aromatic carbocycles. The highest BCUT2D eigenvalue weighted by molar-refractivity contribution is 9.10. The summed E-state index contributed by atoms with van der Waals surface area (Å²) < 4.78 is 2.16. The molecule has 0 saturated heterocycles. The minimum absolute atomic E-state index is 0.721. The van der Waals surface area contributed by atoms with Crippen LogP contribution in [-0.4, -0.2) is 4.98 Å². The molecule has 1 aromatic heterocycles. The van der Waals surface area contributed by atoms with E-state index in [-0.39, 0.29) is 0 Å². The van der Waals surface area contributed by atoms with E-state index in [4.69, 9.17) is 11.6 Å². The summed E-state index contributed by atoms with van der Waals surface area (Å²) in [6, 6.07) is 14.0. The lowest BCUT2D eigenvalue weighted by atomic mass is 10.2. The van der Waals surface area contributed by atoms with E-state index in [2.05, 4.69) is 27.0 Å². The van der Waals surface area contributed by atoms with Crippen LogP contribution in [0.1, 0.15) is 0 Å². The van der Waals surface area contributed by atoms with Gasteiger partial charge in [0.05, 0.1) is 15.2 Å². The van der Waals surface area contributed by atoms with Crippen LogP contribution in [0.5, 0.6) is 0 Å². The number of thiazole rings is 1. The minimum atomic E-state index is 0.721. The molecule has 0 radical (unpaired) electrons. The van der Waals surface area contributed by atoms with Gasteiger partial charge in [-0.05, 0) is 30.3 Å². The van der Waals surface area contributed by atoms with Crippen LogP contribution >= 0.6 is 38.9 Å². The summed E-state index contributed by atoms with van der Waals surface area (Å²) >= 11 is 11.3. The average molecular weight is 325 g/mol. The van der Waals surface area contributed by atoms with Crippen LogP contribution in [0.25, 0.3) is 20.8 Å². The molecule has 0 unspecified atom stereocenters. The van der Waals surface area contributed by atoms with Gasteiger partial charge in [0.25, 0.3) is 0 Å². The van der Waals surface area contributed by atoms with E-state index in [1.807, 2.05) is 36.4 Å². The van der Waals surface area contributed by atoms with Gasteiger partial charge in [0.2, 0.25) is 0 Å². The molecule has 17 heavy (non-hydrogen) atoms. The van der Waals surface area contributed by atoms with Crippen molar-refractivity contribution in [3.05, 3.63) is 52.0 Å². The maximum atomic E-state index is 6.23. The van der Waals surface area contributed by atoms with Gasteiger partial charge in [-0.2, -0.15) is 0 Å². The summed E-state index contributed by atoms with van der Waals surface area (Å²) in [5, 5.41) is 1.68. The number of halogens is 2. The van der Waals surface area contributed by atoms with Crippen molar-refractivity contribution >= 4 is 49.1 Å². The molecular formula is C13H7BrClNS. The van der Waals surface area contributed by atoms with Gasteiger partial charge in [0.15, 0.2) is 0 Å². The van der Waals surface area contributed by atoms with E-state index in [0.29, 0.717) is 0 Å². The standard InChI is InChI=1S/C13H7BrClNS/c14-8-5-6-9(10(15)7-8)13-16-11-3-1-2-4-12(11)17-13/h1-7H. The fourth-order valence-corrected chi connectivity index (χ4v) is 3.47. The molecule has 0 spiro atoms. The molecule has 0 fully saturated rings. The molecule has 1 nitrogen and oxygen atoms in total. The predicted molar refractivity (Wildman–Crippen MR) is 77.8 cm³/mol. The van der Waals surface area contributed by atoms with Crippen molar-refractivity contribution in [3.63, 3.8) is 0 Å². The van der Waals surface area contributed by atoms with E-state index in [9.17, 15) is 0 Å². The first-order valence-corrected chi connectivity index (χ1v) is 7.04. The number of aromatic nitrogens is 1. The minimum Gasteiger partial charge on any atom is -0.236 e. The molecule has 0 N–H and O–H groups in total. The fourth-order valence-electron chi connectivity index (χ4n) is 1.65. The van der Waals surface area contributed by atoms with Crippen LogP contribution in [0.2, 0.25) is 5.02 Å². The van der Waals surface area contributed by atoms with E-state index < -0.39 is 0 Å². The number of para-hydroxylation sites is 1. The third-order valence-electron chi connectivity index (χ3n) is 2.46. The maximum absolute atomic E-state index is 6.23. The molecule has 0 aliphatic heterocycles. The highest BCUT2D eigenvalue weighted by Crippen LogP contribution is 2.35. The molecule has 84 valence electrons. The molecule has 3 rings (SSSR count). The maximum Gasteiger partial charge on any atom is 0.126 e. The Hall–Kier alpha value is -0.900. The van der Waals surface area contributed by atoms with Crippen molar-refractivity contribution in [1.29, 1.82) is 0 Å². The zero-order valence-electron chi connectivity index (χ0n) is 8.65. The van der Waals surface area contributed by atoms with E-state index in [1.54, 1.807) is 11.3 Å². The van der Waals surface area contributed by atoms with Gasteiger partial charge < -0.3 is 0 Å². The highest BCUT2D eigenvalue weighted by atomic mass is 79.9. The van der Waals surface area contributed by atoms with Crippen molar-refractivity contribution in [2.24, 2.45) is 0 Å². The fraction of sp³-hybridized carbons (Fsp3) is 0. The Kier molecular flexibility index (Phi) is 2.90. The van der Waals surface area contributed by atoms with Crippen LogP contribution in [0.3, 0.4) is 0 Å². The smallest absolute Gasteiger partial charge is 0.126 e. The Bertz CT molecular complexity index is 660. The number of hydrogen-bond donors (Lipinski definition) is 0. The molecule has 3 aromatic rings. The summed E-state index contributed by atoms with van der Waals surface area (Å²) in [6.07, 6.45) is 0. The summed E-state index contributed by atoms with van der Waals surface area (Å²) in [6.45, 7) is 0. The van der Waals surface area contributed by atoms with Crippen LogP contribution < -0.4 is 0 Å². The first kappa shape index (κ1) is 11.2. The predicted octanol–water partition coefficient (Wildman–Crippen LogP) is 5.38. The largest absolute Gasteiger partial charge is 0.236 e. The topological polar surface area (TPSA) is 12.9 Å². The quantitative estimate of drug-likeness (QED) is 0.585. The summed E-state index contributed by atoms with van der Waals surface area (Å²) in [5.74, 6) is 0. The second-order valence-electron chi connectivity index (χ2n) is 3.61. The van der Waals surface area contributed by atoms with Crippen molar-refractivity contribution in [1.82, 2.24) is 4.98 Å². The summed E-state index contributed by atoms with van der Waals surface area (Å²) in [4.78, 5) is 4.59. The third kappa shape index (κ3) is 2.10. The van der Waals surface area contributed by atoms with Crippen molar-refractivity contribution in [3.8, 4) is 10.6 Å². The Morgan fingerprint density at radius 3 is 2.71 bits per heavy atom. The van der Waals surface area contributed by atoms with E-state index >= 15 is 0 Å². The molecule has 1 heterocycles. The first-order valence-electron chi connectivity index (χ1n) is 5.05. The second-order valence-corrected chi connectivity index (χ2v) is 5.96. The van der Waals surface area contributed by atoms with Gasteiger partial charge in [0.1, 0.15) is 5.01 Å². The molecule has 0 saturated carbocycles. The molecular weight excluding hydrogens is 318 g/mol. The number of fused-ring (bicyclic) bond motifs is 1. The van der Waals surface area contributed by atoms with E-state index in [0.717, 1.165) is 25.6 Å². The van der Waals surface area contributed by atoms with Crippen LogP contribution in [0.4, 0.5) is 0 Å². The van der Waals surface area contributed by atoms with E-state index in [1.165, 1.54) is 4.70 Å². The lowest BCUT2D eigenvalue weighted by molar-refractivity contribution is 1.47. The first-order chi connectivity index (χ1) is 8.24. The number of hydrogen-bond acceptors (Lipinski definition) is 2. The Balaban J connectivity index is 2.20. The Labute approximate surface area is 116 Å². The Morgan fingerprint density at radius 1 is 1.12 bits per heavy atom. The normalized spacial score (nSPS) is 10.9. The van der Waals surface area contributed by atoms with Crippen molar-refractivity contribution in [2.75, 3.05) is 0 Å². The van der Waals surface area contributed by atoms with Crippen LogP contribution in [-0.2, 0) is 0 Å². The SMILES string of the molecule is Clc1cc(Br)ccc1-c1nc2ccccc2s1. The lowest BCUT2D eigenvalue weighted by Crippen LogP contribution is -1.78. The monoisotopic (exact) mass is 323 g/mol. The number of rotatable bonds is 1. The van der Waals surface area contributed by atoms with Gasteiger partial charge in [0, 0.05) is 10.0 Å². The molecule has 4 heteroatoms. The number of nitrogens with zero attached hydrogens (tertiary/aromatic N) is 1. The summed E-state index contributed by atoms with van der Waals surface area (Å²) in [5.41, 5.74) is 2.00. The second kappa shape index (κ2) is 4.41. The third-order valence-corrected chi connectivity index (χ3v) is 4.33. The zero-order valence-corrected chi connectivity index (χ0v) is 11.8.